The molecule has 2 amide bonds. The molecule has 1 aromatic heterocycles. The van der Waals surface area contributed by atoms with Gasteiger partial charge in [0.1, 0.15) is 0 Å². The van der Waals surface area contributed by atoms with Crippen LogP contribution in [0.25, 0.3) is 0 Å². The highest BCUT2D eigenvalue weighted by molar-refractivity contribution is 5.93. The number of carbonyl (C=O) groups excluding carboxylic acids is 2. The van der Waals surface area contributed by atoms with Gasteiger partial charge in [0.25, 0.3) is 0 Å². The molecular formula is C17H17N3O3. The number of hydrogen-bond donors (Lipinski definition) is 2. The number of anilines is 1. The smallest absolute Gasteiger partial charge is 0.339 e. The first-order valence-electron chi connectivity index (χ1n) is 7.33. The van der Waals surface area contributed by atoms with Crippen molar-refractivity contribution >= 4 is 17.7 Å². The summed E-state index contributed by atoms with van der Waals surface area (Å²) in [6.45, 7) is 0. The summed E-state index contributed by atoms with van der Waals surface area (Å²) < 4.78 is 4.63. The zero-order valence-corrected chi connectivity index (χ0v) is 12.7. The topological polar surface area (TPSA) is 80.3 Å². The Morgan fingerprint density at radius 1 is 1.17 bits per heavy atom. The first-order valence-corrected chi connectivity index (χ1v) is 7.33. The predicted octanol–water partition coefficient (Wildman–Crippen LogP) is 2.16. The Kier molecular flexibility index (Phi) is 4.23. The third-order valence-corrected chi connectivity index (χ3v) is 3.80. The van der Waals surface area contributed by atoms with Gasteiger partial charge in [0, 0.05) is 12.2 Å². The number of urea groups is 1. The second kappa shape index (κ2) is 6.48. The maximum atomic E-state index is 12.1. The van der Waals surface area contributed by atoms with Crippen molar-refractivity contribution in [2.75, 3.05) is 12.4 Å². The number of fused-ring (bicyclic) bond motifs is 1. The van der Waals surface area contributed by atoms with Crippen molar-refractivity contribution in [3.63, 3.8) is 0 Å². The van der Waals surface area contributed by atoms with Crippen LogP contribution in [-0.4, -0.2) is 30.1 Å². The summed E-state index contributed by atoms with van der Waals surface area (Å²) in [5, 5.41) is 5.64. The van der Waals surface area contributed by atoms with Crippen LogP contribution in [0.5, 0.6) is 0 Å². The van der Waals surface area contributed by atoms with Gasteiger partial charge in [0.2, 0.25) is 0 Å². The molecule has 0 fully saturated rings. The van der Waals surface area contributed by atoms with Crippen molar-refractivity contribution in [3.05, 3.63) is 59.4 Å². The van der Waals surface area contributed by atoms with Crippen LogP contribution < -0.4 is 10.6 Å². The summed E-state index contributed by atoms with van der Waals surface area (Å²) in [6, 6.07) is 9.46. The molecule has 0 radical (unpaired) electrons. The van der Waals surface area contributed by atoms with Crippen LogP contribution in [0.15, 0.2) is 42.7 Å². The van der Waals surface area contributed by atoms with Gasteiger partial charge in [-0.05, 0) is 30.0 Å². The van der Waals surface area contributed by atoms with Gasteiger partial charge in [-0.25, -0.2) is 9.59 Å². The number of hydrogen-bond acceptors (Lipinski definition) is 4. The Bertz CT molecular complexity index is 720. The van der Waals surface area contributed by atoms with E-state index in [2.05, 4.69) is 32.5 Å². The molecule has 2 aromatic rings. The molecule has 0 saturated carbocycles. The molecule has 0 saturated heterocycles. The number of esters is 1. The van der Waals surface area contributed by atoms with Crippen LogP contribution in [-0.2, 0) is 17.6 Å². The molecule has 1 heterocycles. The van der Waals surface area contributed by atoms with Crippen LogP contribution in [0.2, 0.25) is 0 Å². The van der Waals surface area contributed by atoms with Gasteiger partial charge < -0.3 is 15.4 Å². The van der Waals surface area contributed by atoms with E-state index in [1.54, 1.807) is 0 Å². The Balaban J connectivity index is 1.59. The lowest BCUT2D eigenvalue weighted by Crippen LogP contribution is -2.38. The van der Waals surface area contributed by atoms with E-state index in [-0.39, 0.29) is 12.1 Å². The number of pyridine rings is 1. The number of rotatable bonds is 3. The molecule has 6 nitrogen and oxygen atoms in total. The monoisotopic (exact) mass is 311 g/mol. The molecule has 0 aliphatic heterocycles. The fraction of sp³-hybridized carbons (Fsp3) is 0.235. The highest BCUT2D eigenvalue weighted by atomic mass is 16.5. The van der Waals surface area contributed by atoms with Crippen molar-refractivity contribution in [2.45, 2.75) is 18.9 Å². The Morgan fingerprint density at radius 2 is 1.87 bits per heavy atom. The lowest BCUT2D eigenvalue weighted by molar-refractivity contribution is 0.0600. The second-order valence-electron chi connectivity index (χ2n) is 5.43. The van der Waals surface area contributed by atoms with E-state index in [1.807, 2.05) is 12.1 Å². The van der Waals surface area contributed by atoms with Crippen LogP contribution in [0, 0.1) is 0 Å². The number of carbonyl (C=O) groups is 2. The van der Waals surface area contributed by atoms with Crippen LogP contribution in [0.1, 0.15) is 21.5 Å². The van der Waals surface area contributed by atoms with Gasteiger partial charge >= 0.3 is 12.0 Å². The van der Waals surface area contributed by atoms with E-state index in [0.717, 1.165) is 12.8 Å². The average Bonchev–Trinajstić information content (AvgIpc) is 2.96. The first kappa shape index (κ1) is 15.0. The van der Waals surface area contributed by atoms with Gasteiger partial charge in [0.15, 0.2) is 0 Å². The number of amides is 2. The lowest BCUT2D eigenvalue weighted by Gasteiger charge is -2.13. The summed E-state index contributed by atoms with van der Waals surface area (Å²) in [7, 11) is 1.30. The first-order chi connectivity index (χ1) is 11.2. The Morgan fingerprint density at radius 3 is 2.52 bits per heavy atom. The number of methoxy groups -OCH3 is 1. The number of aromatic nitrogens is 1. The minimum atomic E-state index is -0.493. The molecule has 0 bridgehead atoms. The van der Waals surface area contributed by atoms with Gasteiger partial charge in [-0.3, -0.25) is 4.98 Å². The van der Waals surface area contributed by atoms with Crippen LogP contribution in [0.3, 0.4) is 0 Å². The van der Waals surface area contributed by atoms with Crippen LogP contribution >= 0.6 is 0 Å². The molecule has 6 heteroatoms. The molecule has 0 spiro atoms. The fourth-order valence-corrected chi connectivity index (χ4v) is 2.75. The number of ether oxygens (including phenoxy) is 1. The van der Waals surface area contributed by atoms with Crippen molar-refractivity contribution in [3.8, 4) is 0 Å². The van der Waals surface area contributed by atoms with Crippen molar-refractivity contribution in [1.29, 1.82) is 0 Å². The molecule has 0 unspecified atom stereocenters. The molecular weight excluding hydrogens is 294 g/mol. The SMILES string of the molecule is COC(=O)c1cncc(NC(=O)NC2Cc3ccccc3C2)c1. The molecule has 0 atom stereocenters. The second-order valence-corrected chi connectivity index (χ2v) is 5.43. The highest BCUT2D eigenvalue weighted by Crippen LogP contribution is 2.21. The summed E-state index contributed by atoms with van der Waals surface area (Å²) in [5.41, 5.74) is 3.28. The predicted molar refractivity (Wildman–Crippen MR) is 85.4 cm³/mol. The van der Waals surface area contributed by atoms with E-state index in [9.17, 15) is 9.59 Å². The third-order valence-electron chi connectivity index (χ3n) is 3.80. The minimum Gasteiger partial charge on any atom is -0.465 e. The number of nitrogens with one attached hydrogen (secondary N) is 2. The largest absolute Gasteiger partial charge is 0.465 e. The van der Waals surface area contributed by atoms with Gasteiger partial charge in [0.05, 0.1) is 24.6 Å². The molecule has 3 rings (SSSR count). The van der Waals surface area contributed by atoms with Crippen molar-refractivity contribution < 1.29 is 14.3 Å². The van der Waals surface area contributed by atoms with Crippen LogP contribution in [0.4, 0.5) is 10.5 Å². The Hall–Kier alpha value is -2.89. The summed E-state index contributed by atoms with van der Waals surface area (Å²) in [5.74, 6) is -0.493. The van der Waals surface area contributed by atoms with Gasteiger partial charge in [-0.2, -0.15) is 0 Å². The quantitative estimate of drug-likeness (QED) is 0.851. The minimum absolute atomic E-state index is 0.0733. The zero-order valence-electron chi connectivity index (χ0n) is 12.7. The standard InChI is InChI=1S/C17H17N3O3/c1-23-16(21)13-8-15(10-18-9-13)20-17(22)19-14-6-11-4-2-3-5-12(11)7-14/h2-5,8-10,14H,6-7H2,1H3,(H2,19,20,22). The normalized spacial score (nSPS) is 13.3. The molecule has 23 heavy (non-hydrogen) atoms. The van der Waals surface area contributed by atoms with Gasteiger partial charge in [-0.15, -0.1) is 0 Å². The van der Waals surface area contributed by atoms with E-state index < -0.39 is 5.97 Å². The third kappa shape index (κ3) is 3.48. The average molecular weight is 311 g/mol. The summed E-state index contributed by atoms with van der Waals surface area (Å²) in [6.07, 6.45) is 4.52. The maximum Gasteiger partial charge on any atom is 0.339 e. The van der Waals surface area contributed by atoms with E-state index in [0.29, 0.717) is 11.3 Å². The molecule has 118 valence electrons. The summed E-state index contributed by atoms with van der Waals surface area (Å²) in [4.78, 5) is 27.5. The van der Waals surface area contributed by atoms with E-state index >= 15 is 0 Å². The fourth-order valence-electron chi connectivity index (χ4n) is 2.75. The zero-order chi connectivity index (χ0) is 16.2. The lowest BCUT2D eigenvalue weighted by atomic mass is 10.1. The molecule has 2 N–H and O–H groups in total. The number of nitrogens with zero attached hydrogens (tertiary/aromatic N) is 1. The highest BCUT2D eigenvalue weighted by Gasteiger charge is 2.22. The molecule has 1 aromatic carbocycles. The maximum absolute atomic E-state index is 12.1. The van der Waals surface area contributed by atoms with Gasteiger partial charge in [-0.1, -0.05) is 24.3 Å². The van der Waals surface area contributed by atoms with E-state index in [4.69, 9.17) is 0 Å². The van der Waals surface area contributed by atoms with E-state index in [1.165, 1.54) is 36.7 Å². The molecule has 1 aliphatic rings. The number of benzene rings is 1. The Labute approximate surface area is 133 Å². The molecule has 1 aliphatic carbocycles. The van der Waals surface area contributed by atoms with Crippen molar-refractivity contribution in [2.24, 2.45) is 0 Å². The van der Waals surface area contributed by atoms with Crippen molar-refractivity contribution in [1.82, 2.24) is 10.3 Å². The summed E-state index contributed by atoms with van der Waals surface area (Å²) >= 11 is 0.